The predicted molar refractivity (Wildman–Crippen MR) is 142 cm³/mol. The molecule has 170 valence electrons. The number of rotatable bonds is 6. The zero-order chi connectivity index (χ0) is 23.8. The number of carbonyl (C=O) groups is 1. The van der Waals surface area contributed by atoms with Crippen LogP contribution in [0.5, 0.6) is 0 Å². The Labute approximate surface area is 198 Å². The first-order valence-electron chi connectivity index (χ1n) is 12.0. The van der Waals surface area contributed by atoms with Gasteiger partial charge in [0.15, 0.2) is 0 Å². The lowest BCUT2D eigenvalue weighted by atomic mass is 9.84. The second-order valence-corrected chi connectivity index (χ2v) is 9.50. The molecule has 1 aromatic heterocycles. The first-order chi connectivity index (χ1) is 17.1. The zero-order valence-electron chi connectivity index (χ0n) is 18.9. The third-order valence-electron chi connectivity index (χ3n) is 7.61. The monoisotopic (exact) mass is 459 g/mol. The van der Waals surface area contributed by atoms with Crippen molar-refractivity contribution in [2.45, 2.75) is 32.2 Å². The number of carboxylic acid groups (broad SMARTS) is 1. The maximum absolute atomic E-state index is 13.7. The van der Waals surface area contributed by atoms with E-state index in [1.54, 1.807) is 0 Å². The van der Waals surface area contributed by atoms with Crippen molar-refractivity contribution < 1.29 is 9.90 Å². The fourth-order valence-corrected chi connectivity index (χ4v) is 6.15. The highest BCUT2D eigenvalue weighted by molar-refractivity contribution is 6.44. The SMILES string of the molecule is O=C(O)CCCCCn1c(=O)c2c3ccc4cccc5c6cccc7ccc(c2c1=O)c(c76)c3c45. The first-order valence-corrected chi connectivity index (χ1v) is 12.0. The van der Waals surface area contributed by atoms with Gasteiger partial charge in [0.25, 0.3) is 11.1 Å². The summed E-state index contributed by atoms with van der Waals surface area (Å²) in [7, 11) is 0. The summed E-state index contributed by atoms with van der Waals surface area (Å²) in [4.78, 5) is 38.1. The topological polar surface area (TPSA) is 76.4 Å². The molecule has 0 aliphatic rings. The van der Waals surface area contributed by atoms with Crippen molar-refractivity contribution in [1.82, 2.24) is 4.57 Å². The molecule has 5 nitrogen and oxygen atoms in total. The number of aliphatic carboxylic acids is 1. The van der Waals surface area contributed by atoms with E-state index >= 15 is 0 Å². The van der Waals surface area contributed by atoms with Crippen LogP contribution in [0.4, 0.5) is 0 Å². The molecule has 6 aromatic carbocycles. The number of aromatic nitrogens is 1. The van der Waals surface area contributed by atoms with Gasteiger partial charge in [0.2, 0.25) is 0 Å². The van der Waals surface area contributed by atoms with Crippen molar-refractivity contribution in [3.63, 3.8) is 0 Å². The third kappa shape index (κ3) is 2.61. The second kappa shape index (κ2) is 7.12. The molecule has 0 aliphatic carbocycles. The largest absolute Gasteiger partial charge is 0.481 e. The number of benzene rings is 6. The molecule has 0 saturated heterocycles. The van der Waals surface area contributed by atoms with Crippen LogP contribution in [-0.2, 0) is 11.3 Å². The molecule has 0 amide bonds. The van der Waals surface area contributed by atoms with Crippen LogP contribution in [0.1, 0.15) is 25.7 Å². The minimum Gasteiger partial charge on any atom is -0.481 e. The number of nitrogens with zero attached hydrogens (tertiary/aromatic N) is 1. The van der Waals surface area contributed by atoms with Crippen LogP contribution >= 0.6 is 0 Å². The van der Waals surface area contributed by atoms with Gasteiger partial charge in [0, 0.05) is 13.0 Å². The molecule has 0 aliphatic heterocycles. The summed E-state index contributed by atoms with van der Waals surface area (Å²) in [6, 6.07) is 20.7. The van der Waals surface area contributed by atoms with Gasteiger partial charge < -0.3 is 5.11 Å². The number of hydrogen-bond donors (Lipinski definition) is 1. The Morgan fingerprint density at radius 2 is 1.14 bits per heavy atom. The van der Waals surface area contributed by atoms with Crippen molar-refractivity contribution in [2.24, 2.45) is 0 Å². The first kappa shape index (κ1) is 20.2. The highest BCUT2D eigenvalue weighted by atomic mass is 16.4. The Bertz CT molecular complexity index is 1920. The average molecular weight is 460 g/mol. The van der Waals surface area contributed by atoms with Gasteiger partial charge in [-0.3, -0.25) is 19.0 Å². The van der Waals surface area contributed by atoms with Crippen LogP contribution in [0.2, 0.25) is 0 Å². The van der Waals surface area contributed by atoms with Crippen LogP contribution < -0.4 is 11.1 Å². The Kier molecular flexibility index (Phi) is 4.10. The normalized spacial score (nSPS) is 12.5. The zero-order valence-corrected chi connectivity index (χ0v) is 18.9. The van der Waals surface area contributed by atoms with Gasteiger partial charge in [0.05, 0.1) is 10.8 Å². The molecule has 7 rings (SSSR count). The van der Waals surface area contributed by atoms with E-state index in [2.05, 4.69) is 36.4 Å². The molecule has 0 spiro atoms. The van der Waals surface area contributed by atoms with Gasteiger partial charge >= 0.3 is 5.97 Å². The molecule has 0 fully saturated rings. The van der Waals surface area contributed by atoms with E-state index in [0.717, 1.165) is 53.9 Å². The molecular weight excluding hydrogens is 438 g/mol. The molecule has 5 heteroatoms. The summed E-state index contributed by atoms with van der Waals surface area (Å²) >= 11 is 0. The van der Waals surface area contributed by atoms with Crippen molar-refractivity contribution in [2.75, 3.05) is 0 Å². The highest BCUT2D eigenvalue weighted by Gasteiger charge is 2.24. The number of carboxylic acids is 1. The van der Waals surface area contributed by atoms with Gasteiger partial charge in [-0.25, -0.2) is 0 Å². The maximum Gasteiger partial charge on any atom is 0.303 e. The van der Waals surface area contributed by atoms with Gasteiger partial charge in [-0.05, 0) is 66.7 Å². The average Bonchev–Trinajstić information content (AvgIpc) is 3.12. The van der Waals surface area contributed by atoms with Crippen molar-refractivity contribution in [3.8, 4) is 0 Å². The molecule has 0 atom stereocenters. The Morgan fingerprint density at radius 3 is 1.66 bits per heavy atom. The second-order valence-electron chi connectivity index (χ2n) is 9.50. The fraction of sp³-hybridized carbons (Fsp3) is 0.167. The van der Waals surface area contributed by atoms with E-state index in [1.807, 2.05) is 24.3 Å². The summed E-state index contributed by atoms with van der Waals surface area (Å²) in [5, 5.41) is 20.5. The van der Waals surface area contributed by atoms with E-state index in [0.29, 0.717) is 36.6 Å². The minimum absolute atomic E-state index is 0.0994. The van der Waals surface area contributed by atoms with Crippen LogP contribution in [0.15, 0.2) is 70.3 Å². The lowest BCUT2D eigenvalue weighted by Crippen LogP contribution is -2.25. The van der Waals surface area contributed by atoms with E-state index in [4.69, 9.17) is 5.11 Å². The van der Waals surface area contributed by atoms with E-state index < -0.39 is 5.97 Å². The molecule has 0 saturated carbocycles. The van der Waals surface area contributed by atoms with Gasteiger partial charge in [0.1, 0.15) is 0 Å². The molecule has 7 aromatic rings. The maximum atomic E-state index is 13.7. The van der Waals surface area contributed by atoms with Crippen molar-refractivity contribution in [1.29, 1.82) is 0 Å². The van der Waals surface area contributed by atoms with E-state index in [9.17, 15) is 14.4 Å². The van der Waals surface area contributed by atoms with E-state index in [-0.39, 0.29) is 17.5 Å². The lowest BCUT2D eigenvalue weighted by Gasteiger charge is -2.18. The quantitative estimate of drug-likeness (QED) is 0.186. The van der Waals surface area contributed by atoms with Gasteiger partial charge in [-0.15, -0.1) is 0 Å². The summed E-state index contributed by atoms with van der Waals surface area (Å²) in [5.74, 6) is -0.826. The Balaban J connectivity index is 1.60. The van der Waals surface area contributed by atoms with Gasteiger partial charge in [-0.2, -0.15) is 0 Å². The summed E-state index contributed by atoms with van der Waals surface area (Å²) in [6.07, 6.45) is 1.88. The molecule has 0 radical (unpaired) electrons. The van der Waals surface area contributed by atoms with Crippen LogP contribution in [-0.4, -0.2) is 15.6 Å². The number of unbranched alkanes of at least 4 members (excludes halogenated alkanes) is 2. The molecule has 1 N–H and O–H groups in total. The molecular formula is C30H21NO4. The minimum atomic E-state index is -0.826. The molecule has 0 unspecified atom stereocenters. The summed E-state index contributed by atoms with van der Waals surface area (Å²) in [5.41, 5.74) is -0.498. The van der Waals surface area contributed by atoms with Gasteiger partial charge in [-0.1, -0.05) is 67.1 Å². The number of fused-ring (bicyclic) bond motifs is 4. The van der Waals surface area contributed by atoms with Crippen molar-refractivity contribution >= 4 is 70.6 Å². The van der Waals surface area contributed by atoms with Crippen molar-refractivity contribution in [3.05, 3.63) is 81.4 Å². The highest BCUT2D eigenvalue weighted by Crippen LogP contribution is 2.46. The summed E-state index contributed by atoms with van der Waals surface area (Å²) < 4.78 is 1.36. The Morgan fingerprint density at radius 1 is 0.600 bits per heavy atom. The molecule has 0 bridgehead atoms. The summed E-state index contributed by atoms with van der Waals surface area (Å²) in [6.45, 7) is 0.298. The lowest BCUT2D eigenvalue weighted by molar-refractivity contribution is -0.137. The van der Waals surface area contributed by atoms with E-state index in [1.165, 1.54) is 4.57 Å². The van der Waals surface area contributed by atoms with Crippen LogP contribution in [0, 0.1) is 0 Å². The molecule has 1 heterocycles. The predicted octanol–water partition coefficient (Wildman–Crippen LogP) is 6.09. The third-order valence-corrected chi connectivity index (χ3v) is 7.61. The van der Waals surface area contributed by atoms with Crippen LogP contribution in [0.25, 0.3) is 64.6 Å². The number of hydrogen-bond acceptors (Lipinski definition) is 3. The van der Waals surface area contributed by atoms with Crippen LogP contribution in [0.3, 0.4) is 0 Å². The smallest absolute Gasteiger partial charge is 0.303 e. The standard InChI is InChI=1S/C30H21NO4/c32-22(33)10-2-1-3-15-31-29(34)27-20-13-11-16-6-4-8-18-19-9-5-7-17-12-14-21(28(27)30(31)35)26(24(17)19)25(20)23(16)18/h4-9,11-14H,1-3,10,15H2,(H,32,33). The fourth-order valence-electron chi connectivity index (χ4n) is 6.15. The molecule has 35 heavy (non-hydrogen) atoms. The Hall–Kier alpha value is -4.25.